The minimum Gasteiger partial charge on any atom is -0.489 e. The van der Waals surface area contributed by atoms with Crippen LogP contribution in [0, 0.1) is 0 Å². The number of rotatable bonds is 13. The van der Waals surface area contributed by atoms with E-state index < -0.39 is 18.3 Å². The van der Waals surface area contributed by atoms with Gasteiger partial charge in [-0.25, -0.2) is 0 Å². The van der Waals surface area contributed by atoms with Gasteiger partial charge in [-0.2, -0.15) is 0 Å². The van der Waals surface area contributed by atoms with Gasteiger partial charge in [0.1, 0.15) is 54.0 Å². The molecule has 1 heterocycles. The Morgan fingerprint density at radius 1 is 0.518 bits per heavy atom. The molecular weight excluding hydrogens is 771 g/mol. The van der Waals surface area contributed by atoms with Crippen LogP contribution in [0.3, 0.4) is 0 Å². The van der Waals surface area contributed by atoms with Crippen LogP contribution in [0.4, 0.5) is 0 Å². The van der Waals surface area contributed by atoms with Gasteiger partial charge in [-0.3, -0.25) is 9.59 Å². The van der Waals surface area contributed by atoms with Crippen LogP contribution in [0.2, 0.25) is 0 Å². The van der Waals surface area contributed by atoms with Crippen LogP contribution in [0.1, 0.15) is 59.5 Å². The molecule has 7 rings (SSSR count). The molecular formula is C46H42BBrO8. The van der Waals surface area contributed by atoms with Crippen molar-refractivity contribution >= 4 is 41.1 Å². The lowest BCUT2D eigenvalue weighted by atomic mass is 9.76. The average molecular weight is 814 g/mol. The van der Waals surface area contributed by atoms with E-state index in [4.69, 9.17) is 28.3 Å². The van der Waals surface area contributed by atoms with Crippen molar-refractivity contribution in [3.63, 3.8) is 0 Å². The maximum atomic E-state index is 11.6. The molecule has 56 heavy (non-hydrogen) atoms. The van der Waals surface area contributed by atoms with Crippen LogP contribution >= 0.6 is 15.9 Å². The number of hydrogen-bond donors (Lipinski definition) is 0. The number of carbonyl (C=O) groups excluding carboxylic acids is 2. The number of ether oxygens (including phenoxy) is 4. The Hall–Kier alpha value is -5.68. The highest BCUT2D eigenvalue weighted by Crippen LogP contribution is 2.37. The third-order valence-corrected chi connectivity index (χ3v) is 10.1. The Morgan fingerprint density at radius 2 is 0.946 bits per heavy atom. The van der Waals surface area contributed by atoms with E-state index in [0.29, 0.717) is 63.0 Å². The van der Waals surface area contributed by atoms with Crippen molar-refractivity contribution < 1.29 is 37.8 Å². The molecule has 0 atom stereocenters. The van der Waals surface area contributed by atoms with Crippen molar-refractivity contribution in [1.29, 1.82) is 0 Å². The molecule has 0 unspecified atom stereocenters. The zero-order chi connectivity index (χ0) is 39.5. The van der Waals surface area contributed by atoms with E-state index in [0.717, 1.165) is 29.4 Å². The van der Waals surface area contributed by atoms with E-state index >= 15 is 0 Å². The van der Waals surface area contributed by atoms with Crippen molar-refractivity contribution in [3.8, 4) is 34.5 Å². The topological polar surface area (TPSA) is 89.5 Å². The summed E-state index contributed by atoms with van der Waals surface area (Å²) < 4.78 is 36.5. The fourth-order valence-corrected chi connectivity index (χ4v) is 6.02. The largest absolute Gasteiger partial charge is 0.495 e. The first-order valence-electron chi connectivity index (χ1n) is 18.1. The lowest BCUT2D eigenvalue weighted by Crippen LogP contribution is -2.41. The summed E-state index contributed by atoms with van der Waals surface area (Å²) in [5, 5.41) is 0. The van der Waals surface area contributed by atoms with E-state index in [9.17, 15) is 9.59 Å². The summed E-state index contributed by atoms with van der Waals surface area (Å²) in [4.78, 5) is 22.5. The first-order chi connectivity index (χ1) is 27.0. The first-order valence-corrected chi connectivity index (χ1v) is 18.9. The third kappa shape index (κ3) is 10.5. The van der Waals surface area contributed by atoms with Gasteiger partial charge >= 0.3 is 7.12 Å². The molecule has 0 saturated carbocycles. The second kappa shape index (κ2) is 18.3. The predicted octanol–water partition coefficient (Wildman–Crippen LogP) is 10.8. The van der Waals surface area contributed by atoms with Crippen LogP contribution in [-0.4, -0.2) is 30.9 Å². The minimum atomic E-state index is -0.649. The Labute approximate surface area is 336 Å². The van der Waals surface area contributed by atoms with Crippen LogP contribution in [0.25, 0.3) is 0 Å². The van der Waals surface area contributed by atoms with Gasteiger partial charge in [0.25, 0.3) is 0 Å². The zero-order valence-electron chi connectivity index (χ0n) is 31.6. The Bertz CT molecular complexity index is 2230. The number of benzene rings is 6. The number of aldehydes is 2. The summed E-state index contributed by atoms with van der Waals surface area (Å²) in [6.07, 6.45) is 1.61. The van der Waals surface area contributed by atoms with E-state index in [1.165, 1.54) is 0 Å². The number of carbonyl (C=O) groups is 2. The molecule has 10 heteroatoms. The van der Waals surface area contributed by atoms with Crippen molar-refractivity contribution in [2.45, 2.75) is 52.1 Å². The highest BCUT2D eigenvalue weighted by atomic mass is 79.9. The maximum absolute atomic E-state index is 11.6. The van der Waals surface area contributed by atoms with Gasteiger partial charge in [0.05, 0.1) is 11.2 Å². The van der Waals surface area contributed by atoms with Crippen LogP contribution in [0.5, 0.6) is 34.5 Å². The lowest BCUT2D eigenvalue weighted by Gasteiger charge is -2.32. The molecule has 1 fully saturated rings. The Morgan fingerprint density at radius 3 is 1.41 bits per heavy atom. The summed E-state index contributed by atoms with van der Waals surface area (Å²) >= 11 is 3.35. The predicted molar refractivity (Wildman–Crippen MR) is 222 cm³/mol. The van der Waals surface area contributed by atoms with Crippen LogP contribution in [-0.2, 0) is 22.5 Å². The Kier molecular flexibility index (Phi) is 13.1. The second-order valence-corrected chi connectivity index (χ2v) is 14.9. The summed E-state index contributed by atoms with van der Waals surface area (Å²) in [7, 11) is -0.649. The summed E-state index contributed by atoms with van der Waals surface area (Å²) in [6, 6.07) is 45.4. The molecule has 0 bridgehead atoms. The van der Waals surface area contributed by atoms with Gasteiger partial charge in [-0.15, -0.1) is 0 Å². The molecule has 0 spiro atoms. The molecule has 1 aliphatic heterocycles. The normalized spacial score (nSPS) is 13.8. The van der Waals surface area contributed by atoms with E-state index in [1.807, 2.05) is 137 Å². The molecule has 8 nitrogen and oxygen atoms in total. The molecule has 1 saturated heterocycles. The minimum absolute atomic E-state index is 0.477. The van der Waals surface area contributed by atoms with Crippen molar-refractivity contribution in [1.82, 2.24) is 0 Å². The van der Waals surface area contributed by atoms with Crippen molar-refractivity contribution in [2.24, 2.45) is 0 Å². The quantitative estimate of drug-likeness (QED) is 0.0841. The fourth-order valence-electron chi connectivity index (χ4n) is 5.57. The zero-order valence-corrected chi connectivity index (χ0v) is 33.2. The monoisotopic (exact) mass is 812 g/mol. The fraction of sp³-hybridized carbons (Fsp3) is 0.174. The average Bonchev–Trinajstić information content (AvgIpc) is 3.43. The Balaban J connectivity index is 0.000000198. The van der Waals surface area contributed by atoms with Gasteiger partial charge in [0, 0.05) is 27.7 Å². The van der Waals surface area contributed by atoms with Crippen LogP contribution in [0.15, 0.2) is 150 Å². The number of halogens is 1. The molecule has 284 valence electrons. The molecule has 0 aromatic heterocycles. The molecule has 0 amide bonds. The molecule has 0 aliphatic carbocycles. The molecule has 1 aliphatic rings. The SMILES string of the molecule is CC1(C)OB(c2cc(Oc3cccc(OCc4ccccc4)c3)ccc2C=O)OC1(C)C.O=Cc1ccc(Oc2cccc(OCc3ccccc3)c2)cc1Br. The van der Waals surface area contributed by atoms with Gasteiger partial charge in [0.2, 0.25) is 0 Å². The first kappa shape index (κ1) is 40.0. The van der Waals surface area contributed by atoms with Crippen LogP contribution < -0.4 is 24.4 Å². The van der Waals surface area contributed by atoms with E-state index in [2.05, 4.69) is 15.9 Å². The highest BCUT2D eigenvalue weighted by molar-refractivity contribution is 9.10. The molecule has 6 aromatic rings. The molecule has 0 N–H and O–H groups in total. The summed E-state index contributed by atoms with van der Waals surface area (Å²) in [6.45, 7) is 8.90. The van der Waals surface area contributed by atoms with Gasteiger partial charge in [-0.05, 0) is 121 Å². The smallest absolute Gasteiger partial charge is 0.489 e. The van der Waals surface area contributed by atoms with Crippen molar-refractivity contribution in [3.05, 3.63) is 172 Å². The lowest BCUT2D eigenvalue weighted by molar-refractivity contribution is 0.00578. The maximum Gasteiger partial charge on any atom is 0.495 e. The van der Waals surface area contributed by atoms with E-state index in [-0.39, 0.29) is 0 Å². The molecule has 0 radical (unpaired) electrons. The standard InChI is InChI=1S/C26H27BO5.C20H15BrO3/c1-25(2)26(3,4)32-27(31-25)24-16-23(14-13-20(24)17-28)30-22-12-8-11-21(15-22)29-18-19-9-6-5-7-10-19;21-20-12-19(10-9-16(20)13-22)24-18-8-4-7-17(11-18)23-14-15-5-2-1-3-6-15/h5-17H,18H2,1-4H3;1-13H,14H2. The second-order valence-electron chi connectivity index (χ2n) is 14.0. The summed E-state index contributed by atoms with van der Waals surface area (Å²) in [5.41, 5.74) is 2.94. The highest BCUT2D eigenvalue weighted by Gasteiger charge is 2.52. The third-order valence-electron chi connectivity index (χ3n) is 9.37. The summed E-state index contributed by atoms with van der Waals surface area (Å²) in [5.74, 6) is 3.98. The van der Waals surface area contributed by atoms with Gasteiger partial charge in [0.15, 0.2) is 6.29 Å². The van der Waals surface area contributed by atoms with E-state index in [1.54, 1.807) is 36.4 Å². The van der Waals surface area contributed by atoms with Crippen molar-refractivity contribution in [2.75, 3.05) is 0 Å². The number of hydrogen-bond acceptors (Lipinski definition) is 8. The van der Waals surface area contributed by atoms with Gasteiger partial charge < -0.3 is 28.3 Å². The molecule has 6 aromatic carbocycles. The van der Waals surface area contributed by atoms with Gasteiger partial charge in [-0.1, -0.05) is 72.8 Å².